The normalized spacial score (nSPS) is 10.7. The van der Waals surface area contributed by atoms with Gasteiger partial charge in [0.15, 0.2) is 11.6 Å². The topological polar surface area (TPSA) is 64.9 Å². The lowest BCUT2D eigenvalue weighted by atomic mass is 10.0. The van der Waals surface area contributed by atoms with Crippen LogP contribution in [0.2, 0.25) is 0 Å². The molecule has 1 aromatic carbocycles. The molecule has 2 N–H and O–H groups in total. The van der Waals surface area contributed by atoms with Gasteiger partial charge in [-0.2, -0.15) is 0 Å². The van der Waals surface area contributed by atoms with E-state index >= 15 is 0 Å². The van der Waals surface area contributed by atoms with Crippen LogP contribution in [0.4, 0.5) is 14.6 Å². The van der Waals surface area contributed by atoms with Gasteiger partial charge in [-0.1, -0.05) is 11.2 Å². The molecule has 0 radical (unpaired) electrons. The van der Waals surface area contributed by atoms with E-state index in [2.05, 4.69) is 10.1 Å². The van der Waals surface area contributed by atoms with Crippen molar-refractivity contribution in [3.8, 4) is 22.6 Å². The molecule has 0 saturated heterocycles. The predicted molar refractivity (Wildman–Crippen MR) is 69.5 cm³/mol. The molecule has 3 rings (SSSR count). The van der Waals surface area contributed by atoms with Gasteiger partial charge in [0.05, 0.1) is 16.8 Å². The highest BCUT2D eigenvalue weighted by Gasteiger charge is 2.21. The van der Waals surface area contributed by atoms with Crippen LogP contribution in [0.5, 0.6) is 0 Å². The number of aromatic nitrogens is 2. The van der Waals surface area contributed by atoms with Gasteiger partial charge in [-0.25, -0.2) is 8.78 Å². The van der Waals surface area contributed by atoms with Gasteiger partial charge >= 0.3 is 0 Å². The Kier molecular flexibility index (Phi) is 2.90. The summed E-state index contributed by atoms with van der Waals surface area (Å²) in [5.74, 6) is -1.20. The van der Waals surface area contributed by atoms with E-state index in [1.807, 2.05) is 0 Å². The fourth-order valence-electron chi connectivity index (χ4n) is 1.92. The summed E-state index contributed by atoms with van der Waals surface area (Å²) in [5, 5.41) is 3.64. The van der Waals surface area contributed by atoms with Gasteiger partial charge in [0.25, 0.3) is 0 Å². The molecule has 0 spiro atoms. The molecule has 0 unspecified atom stereocenters. The second-order valence-electron chi connectivity index (χ2n) is 4.11. The van der Waals surface area contributed by atoms with E-state index in [-0.39, 0.29) is 17.1 Å². The van der Waals surface area contributed by atoms with Crippen LogP contribution in [-0.4, -0.2) is 10.1 Å². The highest BCUT2D eigenvalue weighted by molar-refractivity contribution is 5.84. The lowest BCUT2D eigenvalue weighted by Crippen LogP contribution is -1.92. The van der Waals surface area contributed by atoms with Crippen LogP contribution in [0.3, 0.4) is 0 Å². The number of anilines is 1. The summed E-state index contributed by atoms with van der Waals surface area (Å²) < 4.78 is 31.9. The number of nitrogen functional groups attached to an aromatic ring is 1. The van der Waals surface area contributed by atoms with E-state index in [9.17, 15) is 8.78 Å². The summed E-state index contributed by atoms with van der Waals surface area (Å²) in [6.07, 6.45) is 1.58. The number of hydrogen-bond donors (Lipinski definition) is 1. The first-order chi connectivity index (χ1) is 9.66. The van der Waals surface area contributed by atoms with Gasteiger partial charge in [0.1, 0.15) is 11.6 Å². The minimum Gasteiger partial charge on any atom is -0.380 e. The summed E-state index contributed by atoms with van der Waals surface area (Å²) in [6, 6.07) is 8.39. The minimum absolute atomic E-state index is 0.0799. The minimum atomic E-state index is -0.752. The van der Waals surface area contributed by atoms with Gasteiger partial charge in [-0.05, 0) is 24.3 Å². The summed E-state index contributed by atoms with van der Waals surface area (Å²) >= 11 is 0. The van der Waals surface area contributed by atoms with Gasteiger partial charge in [0, 0.05) is 12.3 Å². The van der Waals surface area contributed by atoms with Crippen molar-refractivity contribution in [2.75, 3.05) is 5.73 Å². The number of benzene rings is 1. The first-order valence-electron chi connectivity index (χ1n) is 5.79. The number of halogens is 2. The first-order valence-corrected chi connectivity index (χ1v) is 5.79. The van der Waals surface area contributed by atoms with Gasteiger partial charge in [-0.15, -0.1) is 0 Å². The first kappa shape index (κ1) is 12.3. The van der Waals surface area contributed by atoms with E-state index < -0.39 is 11.6 Å². The molecule has 2 heterocycles. The Hall–Kier alpha value is -2.76. The number of nitrogens with two attached hydrogens (primary N) is 1. The SMILES string of the molecule is Nc1noc(-c2ccc(F)cc2F)c1-c1ccccn1. The van der Waals surface area contributed by atoms with Gasteiger partial charge in [0.2, 0.25) is 0 Å². The van der Waals surface area contributed by atoms with Crippen LogP contribution in [0.15, 0.2) is 47.1 Å². The maximum Gasteiger partial charge on any atom is 0.181 e. The summed E-state index contributed by atoms with van der Waals surface area (Å²) in [4.78, 5) is 4.14. The molecular formula is C14H9F2N3O. The van der Waals surface area contributed by atoms with Crippen molar-refractivity contribution in [1.82, 2.24) is 10.1 Å². The van der Waals surface area contributed by atoms with Gasteiger partial charge < -0.3 is 10.3 Å². The quantitative estimate of drug-likeness (QED) is 0.778. The molecule has 0 bridgehead atoms. The Bertz CT molecular complexity index is 756. The lowest BCUT2D eigenvalue weighted by molar-refractivity contribution is 0.433. The van der Waals surface area contributed by atoms with E-state index in [0.29, 0.717) is 11.3 Å². The van der Waals surface area contributed by atoms with Crippen LogP contribution in [0.25, 0.3) is 22.6 Å². The number of pyridine rings is 1. The summed E-state index contributed by atoms with van der Waals surface area (Å²) in [6.45, 7) is 0. The van der Waals surface area contributed by atoms with Crippen molar-refractivity contribution in [2.45, 2.75) is 0 Å². The van der Waals surface area contributed by atoms with Crippen LogP contribution >= 0.6 is 0 Å². The molecule has 4 nitrogen and oxygen atoms in total. The average molecular weight is 273 g/mol. The molecule has 0 amide bonds. The maximum atomic E-state index is 13.9. The molecule has 6 heteroatoms. The maximum absolute atomic E-state index is 13.9. The zero-order chi connectivity index (χ0) is 14.1. The van der Waals surface area contributed by atoms with E-state index in [1.165, 1.54) is 6.07 Å². The standard InChI is InChI=1S/C14H9F2N3O/c15-8-4-5-9(10(16)7-8)13-12(14(17)19-20-13)11-3-1-2-6-18-11/h1-7H,(H2,17,19). The van der Waals surface area contributed by atoms with Crippen molar-refractivity contribution in [3.05, 3.63) is 54.2 Å². The molecule has 0 fully saturated rings. The van der Waals surface area contributed by atoms with E-state index in [0.717, 1.165) is 12.1 Å². The molecule has 0 atom stereocenters. The van der Waals surface area contributed by atoms with Crippen molar-refractivity contribution in [1.29, 1.82) is 0 Å². The highest BCUT2D eigenvalue weighted by Crippen LogP contribution is 2.36. The monoisotopic (exact) mass is 273 g/mol. The average Bonchev–Trinajstić information content (AvgIpc) is 2.81. The largest absolute Gasteiger partial charge is 0.380 e. The number of rotatable bonds is 2. The second-order valence-corrected chi connectivity index (χ2v) is 4.11. The molecule has 20 heavy (non-hydrogen) atoms. The second kappa shape index (κ2) is 4.73. The third-order valence-corrected chi connectivity index (χ3v) is 2.82. The molecule has 0 aliphatic carbocycles. The molecule has 0 aliphatic rings. The Morgan fingerprint density at radius 1 is 1.10 bits per heavy atom. The number of nitrogens with zero attached hydrogens (tertiary/aromatic N) is 2. The van der Waals surface area contributed by atoms with E-state index in [1.54, 1.807) is 24.4 Å². The molecular weight excluding hydrogens is 264 g/mol. The third kappa shape index (κ3) is 2.01. The summed E-state index contributed by atoms with van der Waals surface area (Å²) in [5.41, 5.74) is 6.72. The Balaban J connectivity index is 2.21. The lowest BCUT2D eigenvalue weighted by Gasteiger charge is -2.03. The van der Waals surface area contributed by atoms with Gasteiger partial charge in [-0.3, -0.25) is 4.98 Å². The Morgan fingerprint density at radius 2 is 1.95 bits per heavy atom. The Morgan fingerprint density at radius 3 is 2.65 bits per heavy atom. The van der Waals surface area contributed by atoms with Crippen molar-refractivity contribution >= 4 is 5.82 Å². The zero-order valence-corrected chi connectivity index (χ0v) is 10.2. The van der Waals surface area contributed by atoms with E-state index in [4.69, 9.17) is 10.3 Å². The van der Waals surface area contributed by atoms with Crippen LogP contribution < -0.4 is 5.73 Å². The molecule has 3 aromatic rings. The van der Waals surface area contributed by atoms with Crippen molar-refractivity contribution < 1.29 is 13.3 Å². The molecule has 0 saturated carbocycles. The van der Waals surface area contributed by atoms with Crippen molar-refractivity contribution in [2.24, 2.45) is 0 Å². The molecule has 0 aliphatic heterocycles. The molecule has 100 valence electrons. The highest BCUT2D eigenvalue weighted by atomic mass is 19.1. The molecule has 2 aromatic heterocycles. The number of hydrogen-bond acceptors (Lipinski definition) is 4. The third-order valence-electron chi connectivity index (χ3n) is 2.82. The smallest absolute Gasteiger partial charge is 0.181 e. The van der Waals surface area contributed by atoms with Crippen LogP contribution in [0, 0.1) is 11.6 Å². The Labute approximate surface area is 112 Å². The predicted octanol–water partition coefficient (Wildman–Crippen LogP) is 3.26. The zero-order valence-electron chi connectivity index (χ0n) is 10.2. The van der Waals surface area contributed by atoms with Crippen LogP contribution in [0.1, 0.15) is 0 Å². The fourth-order valence-corrected chi connectivity index (χ4v) is 1.92. The summed E-state index contributed by atoms with van der Waals surface area (Å²) in [7, 11) is 0. The van der Waals surface area contributed by atoms with Crippen LogP contribution in [-0.2, 0) is 0 Å². The van der Waals surface area contributed by atoms with Crippen molar-refractivity contribution in [3.63, 3.8) is 0 Å². The fraction of sp³-hybridized carbons (Fsp3) is 0.